The summed E-state index contributed by atoms with van der Waals surface area (Å²) < 4.78 is 0. The second-order valence-corrected chi connectivity index (χ2v) is 4.30. The Bertz CT molecular complexity index is 403. The molecule has 2 N–H and O–H groups in total. The highest BCUT2D eigenvalue weighted by Gasteiger charge is 2.02. The molecule has 0 aliphatic heterocycles. The predicted molar refractivity (Wildman–Crippen MR) is 79.7 cm³/mol. The van der Waals surface area contributed by atoms with E-state index in [2.05, 4.69) is 56.3 Å². The van der Waals surface area contributed by atoms with Crippen LogP contribution in [0.4, 0.5) is 0 Å². The Hall–Kier alpha value is -1.61. The Morgan fingerprint density at radius 3 is 1.84 bits per heavy atom. The Kier molecular flexibility index (Phi) is 8.55. The molecule has 0 heterocycles. The third kappa shape index (κ3) is 5.71. The summed E-state index contributed by atoms with van der Waals surface area (Å²) in [6.07, 6.45) is 3.50. The summed E-state index contributed by atoms with van der Waals surface area (Å²) in [5.74, 6) is 3.89. The molecule has 0 aromatic heterocycles. The average molecular weight is 263 g/mol. The van der Waals surface area contributed by atoms with E-state index in [0.29, 0.717) is 5.57 Å². The van der Waals surface area contributed by atoms with Crippen molar-refractivity contribution in [3.63, 3.8) is 0 Å². The van der Waals surface area contributed by atoms with Gasteiger partial charge in [0, 0.05) is 5.57 Å². The molecule has 0 aliphatic rings. The maximum Gasteiger partial charge on any atom is 0.351 e. The van der Waals surface area contributed by atoms with Crippen molar-refractivity contribution in [3.05, 3.63) is 47.0 Å². The van der Waals surface area contributed by atoms with Crippen LogP contribution in [-0.2, 0) is 28.9 Å². The molecule has 1 rings (SSSR count). The van der Waals surface area contributed by atoms with Crippen LogP contribution in [0.25, 0.3) is 0 Å². The van der Waals surface area contributed by atoms with E-state index in [-0.39, 0.29) is 0 Å². The van der Waals surface area contributed by atoms with Crippen molar-refractivity contribution in [2.75, 3.05) is 0 Å². The van der Waals surface area contributed by atoms with Crippen LogP contribution in [0.2, 0.25) is 0 Å². The molecule has 0 amide bonds. The van der Waals surface area contributed by atoms with Gasteiger partial charge in [0.1, 0.15) is 0 Å². The minimum Gasteiger partial charge on any atom is -0.370 e. The lowest BCUT2D eigenvalue weighted by Gasteiger charge is -2.10. The maximum absolute atomic E-state index is 10.1. The van der Waals surface area contributed by atoms with E-state index < -0.39 is 5.97 Å². The van der Waals surface area contributed by atoms with Gasteiger partial charge in [-0.3, -0.25) is 0 Å². The zero-order valence-electron chi connectivity index (χ0n) is 12.5. The lowest BCUT2D eigenvalue weighted by molar-refractivity contribution is -0.139. The highest BCUT2D eigenvalue weighted by atomic mass is 16.7. The topological polar surface area (TPSA) is 52.3 Å². The quantitative estimate of drug-likeness (QED) is 0.669. The Morgan fingerprint density at radius 2 is 1.63 bits per heavy atom. The van der Waals surface area contributed by atoms with Crippen LogP contribution in [0, 0.1) is 0 Å². The Balaban J connectivity index is 0.000000399. The van der Waals surface area contributed by atoms with Crippen molar-refractivity contribution in [2.24, 2.45) is 5.90 Å². The summed E-state index contributed by atoms with van der Waals surface area (Å²) in [5, 5.41) is 0. The fourth-order valence-corrected chi connectivity index (χ4v) is 1.91. The molecule has 0 atom stereocenters. The molecular formula is C16H25NO2. The van der Waals surface area contributed by atoms with Gasteiger partial charge < -0.3 is 4.84 Å². The van der Waals surface area contributed by atoms with Crippen molar-refractivity contribution >= 4 is 5.97 Å². The van der Waals surface area contributed by atoms with Crippen LogP contribution in [0.5, 0.6) is 0 Å². The maximum atomic E-state index is 10.1. The molecule has 0 bridgehead atoms. The molecule has 0 unspecified atom stereocenters. The number of hydrogen-bond donors (Lipinski definition) is 1. The van der Waals surface area contributed by atoms with Crippen LogP contribution >= 0.6 is 0 Å². The largest absolute Gasteiger partial charge is 0.370 e. The van der Waals surface area contributed by atoms with Gasteiger partial charge >= 0.3 is 5.97 Å². The number of carbonyl (C=O) groups excluding carboxylic acids is 1. The number of nitrogens with two attached hydrogens (primary N) is 1. The summed E-state index contributed by atoms with van der Waals surface area (Å²) in [6.45, 7) is 11.5. The molecule has 0 saturated heterocycles. The van der Waals surface area contributed by atoms with E-state index in [1.807, 2.05) is 0 Å². The van der Waals surface area contributed by atoms with E-state index >= 15 is 0 Å². The molecule has 0 aliphatic carbocycles. The summed E-state index contributed by atoms with van der Waals surface area (Å²) in [5.41, 5.74) is 4.93. The minimum atomic E-state index is -0.569. The number of benzene rings is 1. The smallest absolute Gasteiger partial charge is 0.351 e. The van der Waals surface area contributed by atoms with Gasteiger partial charge in [-0.05, 0) is 42.9 Å². The molecule has 0 saturated carbocycles. The molecule has 3 nitrogen and oxygen atoms in total. The zero-order valence-corrected chi connectivity index (χ0v) is 12.5. The summed E-state index contributed by atoms with van der Waals surface area (Å²) in [6, 6.07) is 6.67. The van der Waals surface area contributed by atoms with Crippen molar-refractivity contribution in [2.45, 2.75) is 47.0 Å². The van der Waals surface area contributed by atoms with Crippen LogP contribution < -0.4 is 5.90 Å². The van der Waals surface area contributed by atoms with E-state index in [1.54, 1.807) is 5.56 Å². The molecule has 1 aromatic carbocycles. The fraction of sp³-hybridized carbons (Fsp3) is 0.438. The summed E-state index contributed by atoms with van der Waals surface area (Å²) in [4.78, 5) is 13.8. The van der Waals surface area contributed by atoms with Gasteiger partial charge in [-0.25, -0.2) is 4.79 Å². The third-order valence-corrected chi connectivity index (χ3v) is 2.94. The molecule has 0 spiro atoms. The molecule has 3 heteroatoms. The second-order valence-electron chi connectivity index (χ2n) is 4.30. The number of rotatable bonds is 4. The zero-order chi connectivity index (χ0) is 14.8. The normalized spacial score (nSPS) is 9.32. The van der Waals surface area contributed by atoms with E-state index in [4.69, 9.17) is 0 Å². The summed E-state index contributed by atoms with van der Waals surface area (Å²) >= 11 is 0. The van der Waals surface area contributed by atoms with Crippen molar-refractivity contribution in [1.82, 2.24) is 0 Å². The van der Waals surface area contributed by atoms with Crippen molar-refractivity contribution in [3.8, 4) is 0 Å². The van der Waals surface area contributed by atoms with E-state index in [0.717, 1.165) is 12.8 Å². The molecule has 0 fully saturated rings. The first-order chi connectivity index (χ1) is 9.01. The molecule has 1 aromatic rings. The van der Waals surface area contributed by atoms with Gasteiger partial charge in [0.05, 0.1) is 0 Å². The Morgan fingerprint density at radius 1 is 1.16 bits per heavy atom. The van der Waals surface area contributed by atoms with Crippen molar-refractivity contribution < 1.29 is 9.63 Å². The highest BCUT2D eigenvalue weighted by Crippen LogP contribution is 2.16. The molecular weight excluding hydrogens is 238 g/mol. The molecule has 0 radical (unpaired) electrons. The van der Waals surface area contributed by atoms with Crippen LogP contribution in [0.1, 0.15) is 44.4 Å². The number of carbonyl (C=O) groups is 1. The predicted octanol–water partition coefficient (Wildman–Crippen LogP) is 3.35. The average Bonchev–Trinajstić information content (AvgIpc) is 2.45. The van der Waals surface area contributed by atoms with Gasteiger partial charge in [0.2, 0.25) is 0 Å². The molecule has 19 heavy (non-hydrogen) atoms. The highest BCUT2D eigenvalue weighted by molar-refractivity contribution is 5.86. The third-order valence-electron chi connectivity index (χ3n) is 2.94. The van der Waals surface area contributed by atoms with E-state index in [9.17, 15) is 4.79 Å². The SMILES string of the molecule is C=C(C)C(=O)ON.CCc1cccc(CC)c1CC. The Labute approximate surface area is 116 Å². The van der Waals surface area contributed by atoms with Crippen LogP contribution in [0.3, 0.4) is 0 Å². The standard InChI is InChI=1S/C12H18.C4H7NO2/c1-4-10-8-7-9-11(5-2)12(10)6-3;1-3(2)4(6)7-5/h7-9H,4-6H2,1-3H3;1,5H2,2H3. The first-order valence-electron chi connectivity index (χ1n) is 6.67. The van der Waals surface area contributed by atoms with Gasteiger partial charge in [0.25, 0.3) is 0 Å². The van der Waals surface area contributed by atoms with Gasteiger partial charge in [-0.15, -0.1) is 0 Å². The lowest BCUT2D eigenvalue weighted by Crippen LogP contribution is -2.09. The number of hydrogen-bond acceptors (Lipinski definition) is 3. The van der Waals surface area contributed by atoms with Crippen LogP contribution in [-0.4, -0.2) is 5.97 Å². The number of aryl methyl sites for hydroxylation is 2. The monoisotopic (exact) mass is 263 g/mol. The first-order valence-corrected chi connectivity index (χ1v) is 6.67. The molecule has 106 valence electrons. The first kappa shape index (κ1) is 17.4. The lowest BCUT2D eigenvalue weighted by atomic mass is 9.96. The second kappa shape index (κ2) is 9.34. The van der Waals surface area contributed by atoms with Crippen LogP contribution in [0.15, 0.2) is 30.4 Å². The van der Waals surface area contributed by atoms with Gasteiger partial charge in [0.15, 0.2) is 0 Å². The minimum absolute atomic E-state index is 0.308. The summed E-state index contributed by atoms with van der Waals surface area (Å²) in [7, 11) is 0. The van der Waals surface area contributed by atoms with E-state index in [1.165, 1.54) is 24.5 Å². The van der Waals surface area contributed by atoms with Gasteiger partial charge in [-0.1, -0.05) is 45.5 Å². The van der Waals surface area contributed by atoms with Crippen molar-refractivity contribution in [1.29, 1.82) is 0 Å². The fourth-order valence-electron chi connectivity index (χ4n) is 1.91. The van der Waals surface area contributed by atoms with Gasteiger partial charge in [-0.2, -0.15) is 5.90 Å².